The Bertz CT molecular complexity index is 335. The third kappa shape index (κ3) is 3.37. The fraction of sp³-hybridized carbons (Fsp3) is 0.846. The van der Waals surface area contributed by atoms with Crippen LogP contribution in [0, 0.1) is 0 Å². The molecule has 2 N–H and O–H groups in total. The lowest BCUT2D eigenvalue weighted by Gasteiger charge is -2.35. The molecule has 0 aliphatic carbocycles. The number of likely N-dealkylation sites (tertiary alicyclic amines) is 1. The molecule has 1 aliphatic heterocycles. The van der Waals surface area contributed by atoms with Gasteiger partial charge in [0.15, 0.2) is 0 Å². The molecule has 1 saturated heterocycles. The zero-order valence-corrected chi connectivity index (χ0v) is 11.9. The van der Waals surface area contributed by atoms with Crippen LogP contribution in [-0.4, -0.2) is 53.8 Å². The minimum atomic E-state index is -1.04. The number of urea groups is 1. The summed E-state index contributed by atoms with van der Waals surface area (Å²) in [6.45, 7) is 4.68. The normalized spacial score (nSPS) is 24.3. The first kappa shape index (κ1) is 15.8. The summed E-state index contributed by atoms with van der Waals surface area (Å²) >= 11 is 0. The zero-order valence-electron chi connectivity index (χ0n) is 11.9. The van der Waals surface area contributed by atoms with Crippen molar-refractivity contribution < 1.29 is 19.4 Å². The van der Waals surface area contributed by atoms with Gasteiger partial charge in [-0.3, -0.25) is 0 Å². The molecule has 2 unspecified atom stereocenters. The van der Waals surface area contributed by atoms with Gasteiger partial charge in [-0.25, -0.2) is 9.59 Å². The third-order valence-corrected chi connectivity index (χ3v) is 3.58. The van der Waals surface area contributed by atoms with Gasteiger partial charge in [-0.15, -0.1) is 0 Å². The highest BCUT2D eigenvalue weighted by Gasteiger charge is 2.49. The Morgan fingerprint density at radius 3 is 2.74 bits per heavy atom. The lowest BCUT2D eigenvalue weighted by Crippen LogP contribution is -2.57. The van der Waals surface area contributed by atoms with E-state index in [0.29, 0.717) is 26.0 Å². The van der Waals surface area contributed by atoms with Gasteiger partial charge in [0.25, 0.3) is 0 Å². The summed E-state index contributed by atoms with van der Waals surface area (Å²) in [5.41, 5.74) is -1.04. The standard InChI is InChI=1S/C13H24N2O4/c1-4-6-13(11(16)17)7-5-8-15(13)12(18)14-10(2)9-19-3/h10H,4-9H2,1-3H3,(H,14,18)(H,16,17). The second-order valence-electron chi connectivity index (χ2n) is 5.15. The fourth-order valence-corrected chi connectivity index (χ4v) is 2.76. The molecule has 0 radical (unpaired) electrons. The molecule has 2 amide bonds. The molecule has 0 bridgehead atoms. The number of aliphatic carboxylic acids is 1. The number of ether oxygens (including phenoxy) is 1. The first-order chi connectivity index (χ1) is 8.97. The Labute approximate surface area is 114 Å². The van der Waals surface area contributed by atoms with Gasteiger partial charge in [-0.05, 0) is 26.2 Å². The van der Waals surface area contributed by atoms with Crippen molar-refractivity contribution in [3.63, 3.8) is 0 Å². The van der Waals surface area contributed by atoms with Crippen LogP contribution in [-0.2, 0) is 9.53 Å². The Hall–Kier alpha value is -1.30. The van der Waals surface area contributed by atoms with Crippen LogP contribution in [0.15, 0.2) is 0 Å². The molecule has 0 aromatic rings. The number of carbonyl (C=O) groups excluding carboxylic acids is 1. The lowest BCUT2D eigenvalue weighted by atomic mass is 9.91. The van der Waals surface area contributed by atoms with Crippen molar-refractivity contribution in [2.75, 3.05) is 20.3 Å². The highest BCUT2D eigenvalue weighted by molar-refractivity contribution is 5.87. The molecule has 1 rings (SSSR count). The van der Waals surface area contributed by atoms with Gasteiger partial charge in [0.05, 0.1) is 12.6 Å². The van der Waals surface area contributed by atoms with Crippen LogP contribution in [0.4, 0.5) is 4.79 Å². The molecule has 0 aromatic carbocycles. The molecule has 0 saturated carbocycles. The van der Waals surface area contributed by atoms with E-state index in [4.69, 9.17) is 4.74 Å². The minimum absolute atomic E-state index is 0.133. The topological polar surface area (TPSA) is 78.9 Å². The van der Waals surface area contributed by atoms with Gasteiger partial charge >= 0.3 is 12.0 Å². The van der Waals surface area contributed by atoms with Crippen LogP contribution >= 0.6 is 0 Å². The number of hydrogen-bond donors (Lipinski definition) is 2. The first-order valence-electron chi connectivity index (χ1n) is 6.78. The summed E-state index contributed by atoms with van der Waals surface area (Å²) in [7, 11) is 1.57. The highest BCUT2D eigenvalue weighted by atomic mass is 16.5. The second kappa shape index (κ2) is 6.75. The molecular weight excluding hydrogens is 248 g/mol. The zero-order chi connectivity index (χ0) is 14.5. The van der Waals surface area contributed by atoms with E-state index in [1.165, 1.54) is 4.90 Å². The average molecular weight is 272 g/mol. The molecule has 1 aliphatic rings. The van der Waals surface area contributed by atoms with Crippen molar-refractivity contribution in [1.82, 2.24) is 10.2 Å². The van der Waals surface area contributed by atoms with Crippen molar-refractivity contribution in [1.29, 1.82) is 0 Å². The molecule has 19 heavy (non-hydrogen) atoms. The van der Waals surface area contributed by atoms with Crippen LogP contribution in [0.5, 0.6) is 0 Å². The summed E-state index contributed by atoms with van der Waals surface area (Å²) in [6.07, 6.45) is 2.50. The predicted molar refractivity (Wildman–Crippen MR) is 71.1 cm³/mol. The molecule has 0 aromatic heterocycles. The van der Waals surface area contributed by atoms with Crippen molar-refractivity contribution in [3.8, 4) is 0 Å². The Kier molecular flexibility index (Phi) is 5.60. The van der Waals surface area contributed by atoms with Gasteiger partial charge in [0, 0.05) is 13.7 Å². The third-order valence-electron chi connectivity index (χ3n) is 3.58. The molecule has 6 heteroatoms. The van der Waals surface area contributed by atoms with E-state index in [0.717, 1.165) is 12.8 Å². The monoisotopic (exact) mass is 272 g/mol. The second-order valence-corrected chi connectivity index (χ2v) is 5.15. The summed E-state index contributed by atoms with van der Waals surface area (Å²) in [6, 6.07) is -0.441. The van der Waals surface area contributed by atoms with Gasteiger partial charge in [0.2, 0.25) is 0 Å². The maximum atomic E-state index is 12.2. The van der Waals surface area contributed by atoms with Crippen molar-refractivity contribution in [2.24, 2.45) is 0 Å². The van der Waals surface area contributed by atoms with Crippen LogP contribution < -0.4 is 5.32 Å². The molecule has 1 heterocycles. The van der Waals surface area contributed by atoms with Crippen molar-refractivity contribution in [2.45, 2.75) is 51.1 Å². The molecule has 110 valence electrons. The van der Waals surface area contributed by atoms with Gasteiger partial charge in [-0.2, -0.15) is 0 Å². The fourth-order valence-electron chi connectivity index (χ4n) is 2.76. The van der Waals surface area contributed by atoms with E-state index in [1.54, 1.807) is 7.11 Å². The van der Waals surface area contributed by atoms with Gasteiger partial charge in [0.1, 0.15) is 5.54 Å². The number of hydrogen-bond acceptors (Lipinski definition) is 3. The summed E-state index contributed by atoms with van der Waals surface area (Å²) < 4.78 is 4.96. The predicted octanol–water partition coefficient (Wildman–Crippen LogP) is 1.45. The number of carbonyl (C=O) groups is 2. The van der Waals surface area contributed by atoms with Crippen molar-refractivity contribution in [3.05, 3.63) is 0 Å². The smallest absolute Gasteiger partial charge is 0.329 e. The van der Waals surface area contributed by atoms with E-state index >= 15 is 0 Å². The molecule has 2 atom stereocenters. The summed E-state index contributed by atoms with van der Waals surface area (Å²) in [4.78, 5) is 25.3. The Morgan fingerprint density at radius 2 is 2.21 bits per heavy atom. The summed E-state index contributed by atoms with van der Waals surface area (Å²) in [5, 5.41) is 12.3. The van der Waals surface area contributed by atoms with E-state index in [-0.39, 0.29) is 12.1 Å². The van der Waals surface area contributed by atoms with E-state index in [1.807, 2.05) is 13.8 Å². The van der Waals surface area contributed by atoms with E-state index < -0.39 is 11.5 Å². The molecule has 0 spiro atoms. The van der Waals surface area contributed by atoms with Gasteiger partial charge < -0.3 is 20.1 Å². The number of methoxy groups -OCH3 is 1. The van der Waals surface area contributed by atoms with Crippen molar-refractivity contribution >= 4 is 12.0 Å². The largest absolute Gasteiger partial charge is 0.479 e. The average Bonchev–Trinajstić information content (AvgIpc) is 2.74. The van der Waals surface area contributed by atoms with E-state index in [2.05, 4.69) is 5.32 Å². The maximum absolute atomic E-state index is 12.2. The number of amides is 2. The SMILES string of the molecule is CCCC1(C(=O)O)CCCN1C(=O)NC(C)COC. The minimum Gasteiger partial charge on any atom is -0.479 e. The van der Waals surface area contributed by atoms with Crippen LogP contribution in [0.25, 0.3) is 0 Å². The number of nitrogens with zero attached hydrogens (tertiary/aromatic N) is 1. The number of carboxylic acid groups (broad SMARTS) is 1. The number of carboxylic acids is 1. The quantitative estimate of drug-likeness (QED) is 0.767. The summed E-state index contributed by atoms with van der Waals surface area (Å²) in [5.74, 6) is -0.901. The molecule has 6 nitrogen and oxygen atoms in total. The van der Waals surface area contributed by atoms with E-state index in [9.17, 15) is 14.7 Å². The van der Waals surface area contributed by atoms with Crippen LogP contribution in [0.3, 0.4) is 0 Å². The lowest BCUT2D eigenvalue weighted by molar-refractivity contribution is -0.148. The maximum Gasteiger partial charge on any atom is 0.329 e. The Morgan fingerprint density at radius 1 is 1.53 bits per heavy atom. The van der Waals surface area contributed by atoms with Crippen LogP contribution in [0.1, 0.15) is 39.5 Å². The Balaban J connectivity index is 2.79. The molecular formula is C13H24N2O4. The number of rotatable bonds is 6. The van der Waals surface area contributed by atoms with Crippen LogP contribution in [0.2, 0.25) is 0 Å². The molecule has 1 fully saturated rings. The number of nitrogens with one attached hydrogen (secondary N) is 1. The first-order valence-corrected chi connectivity index (χ1v) is 6.78. The highest BCUT2D eigenvalue weighted by Crippen LogP contribution is 2.34. The van der Waals surface area contributed by atoms with Gasteiger partial charge in [-0.1, -0.05) is 13.3 Å².